The summed E-state index contributed by atoms with van der Waals surface area (Å²) in [5.74, 6) is -0.303. The SMILES string of the molecule is CNC(=O)CCN(C)c1ccc(CNC(C)C)cc1F. The van der Waals surface area contributed by atoms with E-state index in [0.29, 0.717) is 31.2 Å². The van der Waals surface area contributed by atoms with Crippen LogP contribution in [0.2, 0.25) is 0 Å². The number of carbonyl (C=O) groups excluding carboxylic acids is 1. The number of amides is 1. The van der Waals surface area contributed by atoms with Gasteiger partial charge in [0.05, 0.1) is 5.69 Å². The van der Waals surface area contributed by atoms with Crippen molar-refractivity contribution in [3.05, 3.63) is 29.6 Å². The zero-order valence-electron chi connectivity index (χ0n) is 12.7. The minimum Gasteiger partial charge on any atom is -0.372 e. The second-order valence-electron chi connectivity index (χ2n) is 5.17. The van der Waals surface area contributed by atoms with Gasteiger partial charge in [-0.25, -0.2) is 4.39 Å². The molecule has 20 heavy (non-hydrogen) atoms. The molecule has 1 aromatic carbocycles. The first-order valence-corrected chi connectivity index (χ1v) is 6.87. The van der Waals surface area contributed by atoms with Gasteiger partial charge in [-0.05, 0) is 17.7 Å². The summed E-state index contributed by atoms with van der Waals surface area (Å²) in [7, 11) is 3.38. The van der Waals surface area contributed by atoms with Gasteiger partial charge in [-0.15, -0.1) is 0 Å². The minimum atomic E-state index is -0.257. The third kappa shape index (κ3) is 5.17. The second kappa shape index (κ2) is 7.85. The van der Waals surface area contributed by atoms with Crippen LogP contribution in [-0.2, 0) is 11.3 Å². The lowest BCUT2D eigenvalue weighted by molar-refractivity contribution is -0.120. The fraction of sp³-hybridized carbons (Fsp3) is 0.533. The van der Waals surface area contributed by atoms with Crippen molar-refractivity contribution in [2.75, 3.05) is 25.5 Å². The van der Waals surface area contributed by atoms with Crippen LogP contribution in [0.5, 0.6) is 0 Å². The Balaban J connectivity index is 2.64. The summed E-state index contributed by atoms with van der Waals surface area (Å²) in [4.78, 5) is 12.9. The van der Waals surface area contributed by atoms with E-state index < -0.39 is 0 Å². The molecular formula is C15H24FN3O. The van der Waals surface area contributed by atoms with Crippen molar-refractivity contribution in [2.24, 2.45) is 0 Å². The maximum absolute atomic E-state index is 14.1. The average molecular weight is 281 g/mol. The molecule has 0 spiro atoms. The van der Waals surface area contributed by atoms with Gasteiger partial charge in [0, 0.05) is 39.6 Å². The van der Waals surface area contributed by atoms with E-state index in [0.717, 1.165) is 5.56 Å². The molecule has 0 unspecified atom stereocenters. The van der Waals surface area contributed by atoms with E-state index in [1.807, 2.05) is 6.07 Å². The van der Waals surface area contributed by atoms with Gasteiger partial charge < -0.3 is 15.5 Å². The van der Waals surface area contributed by atoms with Crippen molar-refractivity contribution in [1.29, 1.82) is 0 Å². The number of benzene rings is 1. The molecule has 0 bridgehead atoms. The van der Waals surface area contributed by atoms with Gasteiger partial charge in [0.25, 0.3) is 0 Å². The number of anilines is 1. The Morgan fingerprint density at radius 3 is 2.65 bits per heavy atom. The van der Waals surface area contributed by atoms with Crippen LogP contribution in [0.25, 0.3) is 0 Å². The summed E-state index contributed by atoms with van der Waals surface area (Å²) in [6, 6.07) is 5.58. The largest absolute Gasteiger partial charge is 0.372 e. The highest BCUT2D eigenvalue weighted by molar-refractivity contribution is 5.76. The Morgan fingerprint density at radius 1 is 1.40 bits per heavy atom. The van der Waals surface area contributed by atoms with Crippen molar-refractivity contribution in [2.45, 2.75) is 32.9 Å². The number of hydrogen-bond donors (Lipinski definition) is 2. The van der Waals surface area contributed by atoms with Crippen LogP contribution in [0.1, 0.15) is 25.8 Å². The lowest BCUT2D eigenvalue weighted by Gasteiger charge is -2.20. The summed E-state index contributed by atoms with van der Waals surface area (Å²) >= 11 is 0. The van der Waals surface area contributed by atoms with E-state index in [4.69, 9.17) is 0 Å². The highest BCUT2D eigenvalue weighted by atomic mass is 19.1. The van der Waals surface area contributed by atoms with E-state index >= 15 is 0 Å². The first-order valence-electron chi connectivity index (χ1n) is 6.87. The fourth-order valence-electron chi connectivity index (χ4n) is 1.81. The summed E-state index contributed by atoms with van der Waals surface area (Å²) in [5.41, 5.74) is 1.43. The van der Waals surface area contributed by atoms with Gasteiger partial charge in [-0.3, -0.25) is 4.79 Å². The van der Waals surface area contributed by atoms with Crippen LogP contribution >= 0.6 is 0 Å². The van der Waals surface area contributed by atoms with E-state index in [1.165, 1.54) is 0 Å². The highest BCUT2D eigenvalue weighted by Crippen LogP contribution is 2.19. The molecule has 1 rings (SSSR count). The Morgan fingerprint density at radius 2 is 2.10 bits per heavy atom. The quantitative estimate of drug-likeness (QED) is 0.802. The van der Waals surface area contributed by atoms with Gasteiger partial charge in [-0.1, -0.05) is 19.9 Å². The van der Waals surface area contributed by atoms with Crippen LogP contribution in [0, 0.1) is 5.82 Å². The van der Waals surface area contributed by atoms with Crippen molar-refractivity contribution in [1.82, 2.24) is 10.6 Å². The zero-order chi connectivity index (χ0) is 15.1. The predicted octanol–water partition coefficient (Wildman–Crippen LogP) is 1.90. The van der Waals surface area contributed by atoms with E-state index in [1.54, 1.807) is 31.1 Å². The molecule has 1 amide bonds. The summed E-state index contributed by atoms with van der Waals surface area (Å²) in [6.45, 7) is 5.24. The van der Waals surface area contributed by atoms with Gasteiger partial charge in [0.15, 0.2) is 0 Å². The molecule has 0 aromatic heterocycles. The van der Waals surface area contributed by atoms with Crippen LogP contribution in [0.15, 0.2) is 18.2 Å². The van der Waals surface area contributed by atoms with Crippen LogP contribution in [0.3, 0.4) is 0 Å². The number of nitrogens with one attached hydrogen (secondary N) is 2. The molecule has 0 aliphatic carbocycles. The molecule has 0 saturated carbocycles. The molecule has 4 nitrogen and oxygen atoms in total. The van der Waals surface area contributed by atoms with Crippen molar-refractivity contribution < 1.29 is 9.18 Å². The highest BCUT2D eigenvalue weighted by Gasteiger charge is 2.10. The molecule has 0 aliphatic rings. The smallest absolute Gasteiger partial charge is 0.221 e. The van der Waals surface area contributed by atoms with Crippen LogP contribution in [-0.4, -0.2) is 32.6 Å². The van der Waals surface area contributed by atoms with Crippen LogP contribution < -0.4 is 15.5 Å². The monoisotopic (exact) mass is 281 g/mol. The molecule has 2 N–H and O–H groups in total. The maximum atomic E-state index is 14.1. The number of carbonyl (C=O) groups is 1. The summed E-state index contributed by atoms with van der Waals surface area (Å²) in [5, 5.41) is 5.81. The van der Waals surface area contributed by atoms with Crippen molar-refractivity contribution >= 4 is 11.6 Å². The Labute approximate surface area is 120 Å². The first kappa shape index (κ1) is 16.4. The van der Waals surface area contributed by atoms with Gasteiger partial charge in [0.2, 0.25) is 5.91 Å². The molecular weight excluding hydrogens is 257 g/mol. The molecule has 1 aromatic rings. The minimum absolute atomic E-state index is 0.0463. The van der Waals surface area contributed by atoms with Crippen molar-refractivity contribution in [3.8, 4) is 0 Å². The van der Waals surface area contributed by atoms with Crippen molar-refractivity contribution in [3.63, 3.8) is 0 Å². The first-order chi connectivity index (χ1) is 9.43. The molecule has 0 fully saturated rings. The second-order valence-corrected chi connectivity index (χ2v) is 5.17. The summed E-state index contributed by atoms with van der Waals surface area (Å²) in [6.07, 6.45) is 0.350. The van der Waals surface area contributed by atoms with Gasteiger partial charge in [-0.2, -0.15) is 0 Å². The number of halogens is 1. The van der Waals surface area contributed by atoms with E-state index in [9.17, 15) is 9.18 Å². The standard InChI is InChI=1S/C15H24FN3O/c1-11(2)18-10-12-5-6-14(13(16)9-12)19(4)8-7-15(20)17-3/h5-6,9,11,18H,7-8,10H2,1-4H3,(H,17,20). The molecule has 0 aliphatic heterocycles. The molecule has 5 heteroatoms. The Hall–Kier alpha value is -1.62. The lowest BCUT2D eigenvalue weighted by atomic mass is 10.1. The molecule has 112 valence electrons. The molecule has 0 heterocycles. The zero-order valence-corrected chi connectivity index (χ0v) is 12.7. The topological polar surface area (TPSA) is 44.4 Å². The van der Waals surface area contributed by atoms with E-state index in [2.05, 4.69) is 24.5 Å². The lowest BCUT2D eigenvalue weighted by Crippen LogP contribution is -2.27. The van der Waals surface area contributed by atoms with Gasteiger partial charge in [0.1, 0.15) is 5.82 Å². The van der Waals surface area contributed by atoms with E-state index in [-0.39, 0.29) is 11.7 Å². The third-order valence-corrected chi connectivity index (χ3v) is 3.09. The maximum Gasteiger partial charge on any atom is 0.221 e. The Bertz CT molecular complexity index is 449. The molecule has 0 atom stereocenters. The van der Waals surface area contributed by atoms with Crippen LogP contribution in [0.4, 0.5) is 10.1 Å². The molecule has 0 radical (unpaired) electrons. The predicted molar refractivity (Wildman–Crippen MR) is 80.3 cm³/mol. The number of hydrogen-bond acceptors (Lipinski definition) is 3. The number of nitrogens with zero attached hydrogens (tertiary/aromatic N) is 1. The molecule has 0 saturated heterocycles. The Kier molecular flexibility index (Phi) is 6.45. The fourth-order valence-corrected chi connectivity index (χ4v) is 1.81. The number of rotatable bonds is 7. The average Bonchev–Trinajstić information content (AvgIpc) is 2.42. The normalized spacial score (nSPS) is 10.7. The summed E-state index contributed by atoms with van der Waals surface area (Å²) < 4.78 is 14.1. The third-order valence-electron chi connectivity index (χ3n) is 3.09. The van der Waals surface area contributed by atoms with Gasteiger partial charge >= 0.3 is 0 Å².